The number of benzene rings is 1. The van der Waals surface area contributed by atoms with Crippen LogP contribution in [-0.2, 0) is 0 Å². The van der Waals surface area contributed by atoms with Gasteiger partial charge in [0.05, 0.1) is 29.5 Å². The van der Waals surface area contributed by atoms with Crippen LogP contribution in [0, 0.1) is 10.1 Å². The quantitative estimate of drug-likeness (QED) is 0.490. The van der Waals surface area contributed by atoms with E-state index in [1.165, 1.54) is 13.3 Å². The Morgan fingerprint density at radius 2 is 2.26 bits per heavy atom. The van der Waals surface area contributed by atoms with Crippen molar-refractivity contribution in [3.63, 3.8) is 0 Å². The Balaban J connectivity index is 2.60. The molecule has 2 aromatic rings. The fourth-order valence-corrected chi connectivity index (χ4v) is 1.59. The second-order valence-electron chi connectivity index (χ2n) is 3.60. The first-order valence-corrected chi connectivity index (χ1v) is 5.12. The fourth-order valence-electron chi connectivity index (χ4n) is 1.59. The monoisotopic (exact) mass is 263 g/mol. The highest BCUT2D eigenvalue weighted by Crippen LogP contribution is 2.38. The van der Waals surface area contributed by atoms with E-state index in [4.69, 9.17) is 4.74 Å². The number of ether oxygens (including phenoxy) is 1. The zero-order valence-electron chi connectivity index (χ0n) is 9.78. The number of aromatic hydroxyl groups is 1. The van der Waals surface area contributed by atoms with Crippen molar-refractivity contribution in [1.82, 2.24) is 9.97 Å². The van der Waals surface area contributed by atoms with Gasteiger partial charge in [-0.3, -0.25) is 14.9 Å². The number of hydrogen-bond acceptors (Lipinski definition) is 6. The van der Waals surface area contributed by atoms with Crippen LogP contribution in [0.4, 0.5) is 5.69 Å². The SMILES string of the molecule is COc1cc(O)c(-c2ncc(C=O)[nH]2)cc1[N+](=O)[O-]. The Morgan fingerprint density at radius 3 is 2.79 bits per heavy atom. The molecule has 0 spiro atoms. The number of H-pyrrole nitrogens is 1. The van der Waals surface area contributed by atoms with Gasteiger partial charge < -0.3 is 14.8 Å². The van der Waals surface area contributed by atoms with Crippen LogP contribution in [0.1, 0.15) is 10.5 Å². The molecule has 1 aromatic carbocycles. The first-order valence-electron chi connectivity index (χ1n) is 5.12. The maximum absolute atomic E-state index is 10.9. The molecule has 0 aliphatic carbocycles. The predicted octanol–water partition coefficient (Wildman–Crippen LogP) is 1.51. The number of hydrogen-bond donors (Lipinski definition) is 2. The second-order valence-corrected chi connectivity index (χ2v) is 3.60. The summed E-state index contributed by atoms with van der Waals surface area (Å²) in [5, 5.41) is 20.7. The molecule has 0 aliphatic heterocycles. The van der Waals surface area contributed by atoms with E-state index in [9.17, 15) is 20.0 Å². The molecule has 0 fully saturated rings. The molecule has 0 bridgehead atoms. The molecule has 0 amide bonds. The first-order chi connectivity index (χ1) is 9.06. The zero-order valence-corrected chi connectivity index (χ0v) is 9.78. The number of imidazole rings is 1. The highest BCUT2D eigenvalue weighted by Gasteiger charge is 2.21. The Bertz CT molecular complexity index is 650. The van der Waals surface area contributed by atoms with Gasteiger partial charge in [0, 0.05) is 12.1 Å². The number of nitrogens with one attached hydrogen (secondary N) is 1. The van der Waals surface area contributed by atoms with Gasteiger partial charge in [-0.2, -0.15) is 0 Å². The lowest BCUT2D eigenvalue weighted by Gasteiger charge is -2.06. The van der Waals surface area contributed by atoms with Crippen LogP contribution in [0.25, 0.3) is 11.4 Å². The molecule has 0 radical (unpaired) electrons. The van der Waals surface area contributed by atoms with Gasteiger partial charge in [-0.25, -0.2) is 4.98 Å². The summed E-state index contributed by atoms with van der Waals surface area (Å²) >= 11 is 0. The van der Waals surface area contributed by atoms with Crippen LogP contribution in [-0.4, -0.2) is 33.4 Å². The van der Waals surface area contributed by atoms with Crippen molar-refractivity contribution in [2.75, 3.05) is 7.11 Å². The van der Waals surface area contributed by atoms with E-state index >= 15 is 0 Å². The third-order valence-corrected chi connectivity index (χ3v) is 2.47. The van der Waals surface area contributed by atoms with E-state index in [-0.39, 0.29) is 34.3 Å². The van der Waals surface area contributed by atoms with E-state index in [1.807, 2.05) is 0 Å². The lowest BCUT2D eigenvalue weighted by atomic mass is 10.1. The van der Waals surface area contributed by atoms with Gasteiger partial charge in [0.25, 0.3) is 0 Å². The Kier molecular flexibility index (Phi) is 3.15. The topological polar surface area (TPSA) is 118 Å². The van der Waals surface area contributed by atoms with E-state index in [2.05, 4.69) is 9.97 Å². The maximum Gasteiger partial charge on any atom is 0.311 e. The Morgan fingerprint density at radius 1 is 1.53 bits per heavy atom. The van der Waals surface area contributed by atoms with Gasteiger partial charge in [0.2, 0.25) is 5.75 Å². The molecule has 8 heteroatoms. The van der Waals surface area contributed by atoms with Crippen LogP contribution in [0.15, 0.2) is 18.3 Å². The second kappa shape index (κ2) is 4.77. The van der Waals surface area contributed by atoms with Crippen LogP contribution in [0.3, 0.4) is 0 Å². The number of aromatic nitrogens is 2. The Hall–Kier alpha value is -2.90. The van der Waals surface area contributed by atoms with Gasteiger partial charge in [-0.1, -0.05) is 0 Å². The molecule has 0 aliphatic rings. The van der Waals surface area contributed by atoms with Crippen molar-refractivity contribution < 1.29 is 19.6 Å². The first kappa shape index (κ1) is 12.6. The maximum atomic E-state index is 10.9. The number of aromatic amines is 1. The molecule has 98 valence electrons. The largest absolute Gasteiger partial charge is 0.507 e. The highest BCUT2D eigenvalue weighted by atomic mass is 16.6. The number of nitro groups is 1. The standard InChI is InChI=1S/C11H9N3O5/c1-19-10-3-9(16)7(2-8(10)14(17)18)11-12-4-6(5-15)13-11/h2-5,16H,1H3,(H,12,13). The van der Waals surface area contributed by atoms with Crippen LogP contribution < -0.4 is 4.74 Å². The third-order valence-electron chi connectivity index (χ3n) is 2.47. The summed E-state index contributed by atoms with van der Waals surface area (Å²) < 4.78 is 4.82. The van der Waals surface area contributed by atoms with Crippen LogP contribution in [0.5, 0.6) is 11.5 Å². The number of phenolic OH excluding ortho intramolecular Hbond substituents is 1. The van der Waals surface area contributed by atoms with Crippen molar-refractivity contribution in [3.8, 4) is 22.9 Å². The average molecular weight is 263 g/mol. The number of aldehydes is 1. The summed E-state index contributed by atoms with van der Waals surface area (Å²) in [7, 11) is 1.26. The molecule has 0 unspecified atom stereocenters. The minimum atomic E-state index is -0.634. The molecule has 0 saturated carbocycles. The summed E-state index contributed by atoms with van der Waals surface area (Å²) in [5.74, 6) is -0.145. The van der Waals surface area contributed by atoms with E-state index in [1.54, 1.807) is 0 Å². The smallest absolute Gasteiger partial charge is 0.311 e. The molecule has 1 aromatic heterocycles. The number of carbonyl (C=O) groups is 1. The fraction of sp³-hybridized carbons (Fsp3) is 0.0909. The predicted molar refractivity (Wildman–Crippen MR) is 64.3 cm³/mol. The van der Waals surface area contributed by atoms with Gasteiger partial charge in [-0.05, 0) is 0 Å². The van der Waals surface area contributed by atoms with Crippen molar-refractivity contribution in [2.45, 2.75) is 0 Å². The van der Waals surface area contributed by atoms with Gasteiger partial charge in [-0.15, -0.1) is 0 Å². The molecular weight excluding hydrogens is 254 g/mol. The summed E-state index contributed by atoms with van der Waals surface area (Å²) in [5.41, 5.74) is 0.00724. The normalized spacial score (nSPS) is 10.2. The summed E-state index contributed by atoms with van der Waals surface area (Å²) in [6.07, 6.45) is 1.81. The van der Waals surface area contributed by atoms with Crippen LogP contribution in [0.2, 0.25) is 0 Å². The number of methoxy groups -OCH3 is 1. The lowest BCUT2D eigenvalue weighted by Crippen LogP contribution is -1.95. The molecule has 8 nitrogen and oxygen atoms in total. The summed E-state index contributed by atoms with van der Waals surface area (Å²) in [4.78, 5) is 27.3. The number of rotatable bonds is 4. The van der Waals surface area contributed by atoms with Gasteiger partial charge in [0.15, 0.2) is 6.29 Å². The molecular formula is C11H9N3O5. The van der Waals surface area contributed by atoms with Crippen molar-refractivity contribution in [1.29, 1.82) is 0 Å². The van der Waals surface area contributed by atoms with Gasteiger partial charge >= 0.3 is 5.69 Å². The van der Waals surface area contributed by atoms with E-state index in [0.29, 0.717) is 6.29 Å². The van der Waals surface area contributed by atoms with Crippen molar-refractivity contribution in [3.05, 3.63) is 34.1 Å². The third kappa shape index (κ3) is 2.23. The van der Waals surface area contributed by atoms with Crippen molar-refractivity contribution in [2.24, 2.45) is 0 Å². The number of carbonyl (C=O) groups excluding carboxylic acids is 1. The minimum Gasteiger partial charge on any atom is -0.507 e. The van der Waals surface area contributed by atoms with Crippen LogP contribution >= 0.6 is 0 Å². The number of nitrogens with zero attached hydrogens (tertiary/aromatic N) is 2. The lowest BCUT2D eigenvalue weighted by molar-refractivity contribution is -0.385. The molecule has 0 atom stereocenters. The molecule has 2 rings (SSSR count). The summed E-state index contributed by atoms with van der Waals surface area (Å²) in [6, 6.07) is 2.25. The highest BCUT2D eigenvalue weighted by molar-refractivity contribution is 5.76. The summed E-state index contributed by atoms with van der Waals surface area (Å²) in [6.45, 7) is 0. The average Bonchev–Trinajstić information content (AvgIpc) is 2.86. The van der Waals surface area contributed by atoms with Crippen molar-refractivity contribution >= 4 is 12.0 Å². The number of nitro benzene ring substituents is 1. The zero-order chi connectivity index (χ0) is 14.0. The molecule has 2 N–H and O–H groups in total. The molecule has 19 heavy (non-hydrogen) atoms. The Labute approximate surface area is 106 Å². The molecule has 1 heterocycles. The molecule has 0 saturated heterocycles. The number of phenols is 1. The minimum absolute atomic E-state index is 0.0617. The van der Waals surface area contributed by atoms with E-state index in [0.717, 1.165) is 12.1 Å². The van der Waals surface area contributed by atoms with Gasteiger partial charge in [0.1, 0.15) is 11.6 Å². The van der Waals surface area contributed by atoms with E-state index < -0.39 is 4.92 Å².